The minimum Gasteiger partial charge on any atom is -0.325 e. The normalized spacial score (nSPS) is 11.4. The summed E-state index contributed by atoms with van der Waals surface area (Å²) >= 11 is 1.42. The zero-order valence-corrected chi connectivity index (χ0v) is 20.8. The van der Waals surface area contributed by atoms with Crippen molar-refractivity contribution in [3.63, 3.8) is 0 Å². The first-order valence-corrected chi connectivity index (χ1v) is 12.4. The third-order valence-corrected chi connectivity index (χ3v) is 6.92. The van der Waals surface area contributed by atoms with Crippen molar-refractivity contribution in [3.8, 4) is 0 Å². The van der Waals surface area contributed by atoms with Crippen LogP contribution in [0.25, 0.3) is 0 Å². The van der Waals surface area contributed by atoms with E-state index < -0.39 is 5.25 Å². The summed E-state index contributed by atoms with van der Waals surface area (Å²) in [5, 5.41) is 5.39. The van der Waals surface area contributed by atoms with E-state index in [1.807, 2.05) is 79.7 Å². The lowest BCUT2D eigenvalue weighted by Gasteiger charge is -2.17. The van der Waals surface area contributed by atoms with Crippen molar-refractivity contribution in [2.75, 3.05) is 10.6 Å². The van der Waals surface area contributed by atoms with E-state index in [2.05, 4.69) is 10.6 Å². The van der Waals surface area contributed by atoms with Crippen molar-refractivity contribution in [2.45, 2.75) is 24.0 Å². The zero-order valence-electron chi connectivity index (χ0n) is 20.0. The molecule has 0 bridgehead atoms. The maximum Gasteiger partial charge on any atom is 0.255 e. The second-order valence-electron chi connectivity index (χ2n) is 8.32. The van der Waals surface area contributed by atoms with Gasteiger partial charge in [0, 0.05) is 27.4 Å². The van der Waals surface area contributed by atoms with E-state index >= 15 is 0 Å². The van der Waals surface area contributed by atoms with Crippen molar-refractivity contribution in [1.29, 1.82) is 0 Å². The van der Waals surface area contributed by atoms with Crippen LogP contribution in [0.4, 0.5) is 11.4 Å². The van der Waals surface area contributed by atoms with Crippen LogP contribution in [0.2, 0.25) is 0 Å². The van der Waals surface area contributed by atoms with Crippen LogP contribution in [-0.4, -0.2) is 17.6 Å². The van der Waals surface area contributed by atoms with Gasteiger partial charge in [-0.3, -0.25) is 14.4 Å². The molecule has 36 heavy (non-hydrogen) atoms. The number of Topliss-reactive ketones (excluding diaryl/α,β-unsaturated/α-hetero) is 1. The summed E-state index contributed by atoms with van der Waals surface area (Å²) in [6.45, 7) is 3.41. The maximum atomic E-state index is 13.3. The number of anilines is 2. The van der Waals surface area contributed by atoms with Gasteiger partial charge < -0.3 is 10.6 Å². The molecule has 4 rings (SSSR count). The summed E-state index contributed by atoms with van der Waals surface area (Å²) in [5.41, 5.74) is 4.32. The van der Waals surface area contributed by atoms with E-state index in [1.54, 1.807) is 30.3 Å². The average Bonchev–Trinajstić information content (AvgIpc) is 2.89. The van der Waals surface area contributed by atoms with E-state index in [-0.39, 0.29) is 17.6 Å². The molecule has 0 saturated heterocycles. The van der Waals surface area contributed by atoms with E-state index in [4.69, 9.17) is 0 Å². The molecule has 4 aromatic carbocycles. The first kappa shape index (κ1) is 24.9. The van der Waals surface area contributed by atoms with E-state index in [9.17, 15) is 14.4 Å². The van der Waals surface area contributed by atoms with E-state index in [1.165, 1.54) is 18.7 Å². The molecule has 0 radical (unpaired) electrons. The minimum absolute atomic E-state index is 0.0240. The number of hydrogen-bond acceptors (Lipinski definition) is 4. The lowest BCUT2D eigenvalue weighted by atomic mass is 10.1. The van der Waals surface area contributed by atoms with Crippen LogP contribution in [-0.2, 0) is 4.79 Å². The summed E-state index contributed by atoms with van der Waals surface area (Å²) in [6.07, 6.45) is 0. The molecule has 0 aliphatic heterocycles. The number of carbonyl (C=O) groups excluding carboxylic acids is 3. The van der Waals surface area contributed by atoms with E-state index in [0.717, 1.165) is 16.0 Å². The highest BCUT2D eigenvalue weighted by Gasteiger charge is 2.22. The first-order valence-electron chi connectivity index (χ1n) is 11.5. The summed E-state index contributed by atoms with van der Waals surface area (Å²) in [6, 6.07) is 31.3. The second kappa shape index (κ2) is 11.5. The number of hydrogen-bond donors (Lipinski definition) is 2. The van der Waals surface area contributed by atoms with Gasteiger partial charge >= 0.3 is 0 Å². The standard InChI is InChI=1S/C30H26N2O3S/c1-20-8-6-7-11-27(20)29(34)31-25-16-18-26(19-17-25)36-28(23-9-4-3-5-10-23)30(35)32-24-14-12-22(13-15-24)21(2)33/h3-19,28H,1-2H3,(H,31,34)(H,32,35). The Bertz CT molecular complexity index is 1370. The molecule has 0 aliphatic carbocycles. The Labute approximate surface area is 214 Å². The number of benzene rings is 4. The number of aryl methyl sites for hydroxylation is 1. The molecule has 0 heterocycles. The Balaban J connectivity index is 1.48. The van der Waals surface area contributed by atoms with Gasteiger partial charge in [0.1, 0.15) is 5.25 Å². The quantitative estimate of drug-likeness (QED) is 0.206. The van der Waals surface area contributed by atoms with Crippen molar-refractivity contribution in [2.24, 2.45) is 0 Å². The predicted octanol–water partition coefficient (Wildman–Crippen LogP) is 6.92. The molecular weight excluding hydrogens is 468 g/mol. The van der Waals surface area contributed by atoms with Gasteiger partial charge in [0.25, 0.3) is 5.91 Å². The highest BCUT2D eigenvalue weighted by molar-refractivity contribution is 8.00. The predicted molar refractivity (Wildman–Crippen MR) is 146 cm³/mol. The van der Waals surface area contributed by atoms with Gasteiger partial charge in [-0.05, 0) is 79.6 Å². The molecule has 2 N–H and O–H groups in total. The summed E-state index contributed by atoms with van der Waals surface area (Å²) in [7, 11) is 0. The lowest BCUT2D eigenvalue weighted by molar-refractivity contribution is -0.115. The number of amides is 2. The highest BCUT2D eigenvalue weighted by Crippen LogP contribution is 2.36. The molecule has 0 spiro atoms. The lowest BCUT2D eigenvalue weighted by Crippen LogP contribution is -2.19. The fourth-order valence-corrected chi connectivity index (χ4v) is 4.70. The molecule has 0 aromatic heterocycles. The van der Waals surface area contributed by atoms with Crippen LogP contribution in [0, 0.1) is 6.92 Å². The van der Waals surface area contributed by atoms with Crippen LogP contribution >= 0.6 is 11.8 Å². The van der Waals surface area contributed by atoms with Crippen LogP contribution in [0.1, 0.15) is 44.0 Å². The molecule has 1 atom stereocenters. The minimum atomic E-state index is -0.494. The highest BCUT2D eigenvalue weighted by atomic mass is 32.2. The Morgan fingerprint density at radius 2 is 1.28 bits per heavy atom. The fraction of sp³-hybridized carbons (Fsp3) is 0.100. The summed E-state index contributed by atoms with van der Waals surface area (Å²) in [5.74, 6) is -0.353. The number of thioether (sulfide) groups is 1. The molecule has 4 aromatic rings. The molecule has 5 nitrogen and oxygen atoms in total. The first-order chi connectivity index (χ1) is 17.4. The van der Waals surface area contributed by atoms with Crippen molar-refractivity contribution in [1.82, 2.24) is 0 Å². The molecular formula is C30H26N2O3S. The Hall–Kier alpha value is -4.16. The molecule has 0 fully saturated rings. The molecule has 0 saturated carbocycles. The SMILES string of the molecule is CC(=O)c1ccc(NC(=O)C(Sc2ccc(NC(=O)c3ccccc3C)cc2)c2ccccc2)cc1. The van der Waals surface area contributed by atoms with Gasteiger partial charge in [0.2, 0.25) is 5.91 Å². The van der Waals surface area contributed by atoms with Crippen LogP contribution in [0.3, 0.4) is 0 Å². The number of carbonyl (C=O) groups is 3. The van der Waals surface area contributed by atoms with Gasteiger partial charge in [-0.15, -0.1) is 11.8 Å². The third kappa shape index (κ3) is 6.29. The Kier molecular flexibility index (Phi) is 7.98. The Morgan fingerprint density at radius 3 is 1.92 bits per heavy atom. The monoisotopic (exact) mass is 494 g/mol. The van der Waals surface area contributed by atoms with Gasteiger partial charge in [-0.1, -0.05) is 48.5 Å². The van der Waals surface area contributed by atoms with Crippen LogP contribution < -0.4 is 10.6 Å². The van der Waals surface area contributed by atoms with Gasteiger partial charge in [-0.2, -0.15) is 0 Å². The molecule has 2 amide bonds. The van der Waals surface area contributed by atoms with Crippen molar-refractivity contribution >= 4 is 40.7 Å². The summed E-state index contributed by atoms with van der Waals surface area (Å²) < 4.78 is 0. The average molecular weight is 495 g/mol. The fourth-order valence-electron chi connectivity index (χ4n) is 3.68. The van der Waals surface area contributed by atoms with E-state index in [0.29, 0.717) is 22.5 Å². The second-order valence-corrected chi connectivity index (χ2v) is 9.50. The topological polar surface area (TPSA) is 75.3 Å². The van der Waals surface area contributed by atoms with Crippen LogP contribution in [0.5, 0.6) is 0 Å². The van der Waals surface area contributed by atoms with Crippen molar-refractivity contribution in [3.05, 3.63) is 125 Å². The van der Waals surface area contributed by atoms with Crippen LogP contribution in [0.15, 0.2) is 108 Å². The van der Waals surface area contributed by atoms with Gasteiger partial charge in [0.05, 0.1) is 0 Å². The molecule has 6 heteroatoms. The Morgan fingerprint density at radius 1 is 0.694 bits per heavy atom. The number of nitrogens with one attached hydrogen (secondary N) is 2. The number of rotatable bonds is 8. The zero-order chi connectivity index (χ0) is 25.5. The third-order valence-electron chi connectivity index (χ3n) is 5.66. The van der Waals surface area contributed by atoms with Gasteiger partial charge in [-0.25, -0.2) is 0 Å². The summed E-state index contributed by atoms with van der Waals surface area (Å²) in [4.78, 5) is 38.3. The largest absolute Gasteiger partial charge is 0.325 e. The molecule has 1 unspecified atom stereocenters. The molecule has 180 valence electrons. The smallest absolute Gasteiger partial charge is 0.255 e. The van der Waals surface area contributed by atoms with Crippen molar-refractivity contribution < 1.29 is 14.4 Å². The maximum absolute atomic E-state index is 13.3. The van der Waals surface area contributed by atoms with Gasteiger partial charge in [0.15, 0.2) is 5.78 Å². The number of ketones is 1. The molecule has 0 aliphatic rings.